The van der Waals surface area contributed by atoms with Crippen molar-refractivity contribution in [3.8, 4) is 5.75 Å². The van der Waals surface area contributed by atoms with E-state index in [2.05, 4.69) is 4.98 Å². The molecule has 0 spiro atoms. The van der Waals surface area contributed by atoms with Crippen molar-refractivity contribution < 1.29 is 23.8 Å². The molecule has 0 aliphatic carbocycles. The molecule has 1 fully saturated rings. The largest absolute Gasteiger partial charge is 0.507 e. The summed E-state index contributed by atoms with van der Waals surface area (Å²) in [6, 6.07) is 10.8. The van der Waals surface area contributed by atoms with Gasteiger partial charge in [-0.1, -0.05) is 11.6 Å². The number of Topliss-reactive ketones (excluding diaryl/α,β-unsaturated/α-hetero) is 1. The number of nitrogens with zero attached hydrogens (tertiary/aromatic N) is 2. The number of aromatic nitrogens is 1. The summed E-state index contributed by atoms with van der Waals surface area (Å²) in [4.78, 5) is 31.4. The van der Waals surface area contributed by atoms with Crippen molar-refractivity contribution in [3.05, 3.63) is 94.0 Å². The Kier molecular flexibility index (Phi) is 5.67. The predicted molar refractivity (Wildman–Crippen MR) is 118 cm³/mol. The number of aliphatic hydroxyl groups is 1. The third-order valence-electron chi connectivity index (χ3n) is 5.22. The number of halogens is 2. The lowest BCUT2D eigenvalue weighted by molar-refractivity contribution is -0.132. The molecular weight excluding hydrogens is 435 g/mol. The molecule has 0 bridgehead atoms. The fourth-order valence-corrected chi connectivity index (χ4v) is 4.17. The average molecular weight is 453 g/mol. The molecule has 8 heteroatoms. The number of ether oxygens (including phenoxy) is 1. The molecule has 4 rings (SSSR count). The Morgan fingerprint density at radius 2 is 1.78 bits per heavy atom. The van der Waals surface area contributed by atoms with Crippen molar-refractivity contribution >= 4 is 34.7 Å². The molecule has 1 saturated heterocycles. The maximum absolute atomic E-state index is 13.5. The molecule has 32 heavy (non-hydrogen) atoms. The number of amides is 1. The Balaban J connectivity index is 1.99. The van der Waals surface area contributed by atoms with Gasteiger partial charge >= 0.3 is 0 Å². The molecule has 1 aliphatic rings. The van der Waals surface area contributed by atoms with Crippen molar-refractivity contribution in [1.82, 2.24) is 4.98 Å². The molecule has 1 aliphatic heterocycles. The second kappa shape index (κ2) is 8.43. The van der Waals surface area contributed by atoms with Crippen LogP contribution in [0.2, 0.25) is 5.02 Å². The quantitative estimate of drug-likeness (QED) is 0.349. The maximum Gasteiger partial charge on any atom is 0.300 e. The summed E-state index contributed by atoms with van der Waals surface area (Å²) >= 11 is 6.28. The lowest BCUT2D eigenvalue weighted by atomic mass is 9.95. The van der Waals surface area contributed by atoms with Gasteiger partial charge in [0.25, 0.3) is 11.7 Å². The van der Waals surface area contributed by atoms with Gasteiger partial charge in [0.05, 0.1) is 29.3 Å². The third-order valence-corrected chi connectivity index (χ3v) is 5.50. The van der Waals surface area contributed by atoms with E-state index in [0.29, 0.717) is 11.3 Å². The molecule has 1 unspecified atom stereocenters. The van der Waals surface area contributed by atoms with Gasteiger partial charge in [0.1, 0.15) is 17.3 Å². The first kappa shape index (κ1) is 21.5. The minimum absolute atomic E-state index is 0.134. The van der Waals surface area contributed by atoms with E-state index in [1.165, 1.54) is 48.7 Å². The van der Waals surface area contributed by atoms with Crippen LogP contribution in [0.15, 0.2) is 66.5 Å². The van der Waals surface area contributed by atoms with Gasteiger partial charge < -0.3 is 9.84 Å². The number of carbonyl (C=O) groups is 2. The summed E-state index contributed by atoms with van der Waals surface area (Å²) in [6.07, 6.45) is 3.04. The Morgan fingerprint density at radius 3 is 2.41 bits per heavy atom. The first-order valence-corrected chi connectivity index (χ1v) is 10.0. The Hall–Kier alpha value is -3.71. The lowest BCUT2D eigenvalue weighted by Crippen LogP contribution is -2.29. The zero-order valence-electron chi connectivity index (χ0n) is 17.2. The molecule has 6 nitrogen and oxygen atoms in total. The van der Waals surface area contributed by atoms with Crippen molar-refractivity contribution in [3.63, 3.8) is 0 Å². The van der Waals surface area contributed by atoms with E-state index in [1.807, 2.05) is 0 Å². The highest BCUT2D eigenvalue weighted by molar-refractivity contribution is 6.51. The van der Waals surface area contributed by atoms with E-state index < -0.39 is 29.3 Å². The molecule has 1 atom stereocenters. The number of hydrogen-bond donors (Lipinski definition) is 1. The minimum atomic E-state index is -0.965. The summed E-state index contributed by atoms with van der Waals surface area (Å²) in [7, 11) is 1.39. The fourth-order valence-electron chi connectivity index (χ4n) is 3.82. The van der Waals surface area contributed by atoms with Gasteiger partial charge in [0.2, 0.25) is 0 Å². The second-order valence-electron chi connectivity index (χ2n) is 7.25. The van der Waals surface area contributed by atoms with Crippen LogP contribution in [0.25, 0.3) is 5.76 Å². The third kappa shape index (κ3) is 3.61. The number of pyridine rings is 1. The summed E-state index contributed by atoms with van der Waals surface area (Å²) in [5.41, 5.74) is 1.64. The molecule has 2 aromatic carbocycles. The average Bonchev–Trinajstić information content (AvgIpc) is 3.04. The van der Waals surface area contributed by atoms with Gasteiger partial charge in [-0.15, -0.1) is 0 Å². The number of hydrogen-bond acceptors (Lipinski definition) is 5. The van der Waals surface area contributed by atoms with Gasteiger partial charge in [-0.05, 0) is 66.6 Å². The molecular formula is C24H18ClFN2O4. The van der Waals surface area contributed by atoms with Crippen LogP contribution in [-0.2, 0) is 9.59 Å². The van der Waals surface area contributed by atoms with Crippen LogP contribution >= 0.6 is 11.6 Å². The second-order valence-corrected chi connectivity index (χ2v) is 7.66. The Morgan fingerprint density at radius 1 is 1.12 bits per heavy atom. The first-order chi connectivity index (χ1) is 15.3. The maximum atomic E-state index is 13.5. The highest BCUT2D eigenvalue weighted by atomic mass is 35.5. The van der Waals surface area contributed by atoms with E-state index in [0.717, 1.165) is 5.56 Å². The van der Waals surface area contributed by atoms with Crippen molar-refractivity contribution in [2.24, 2.45) is 0 Å². The van der Waals surface area contributed by atoms with Crippen LogP contribution < -0.4 is 9.64 Å². The standard InChI is InChI=1S/C24H18ClFN2O4/c1-13-11-17(23(32-2)18(25)12-13)21(29)19-20(14-7-9-27-10-8-14)28(24(31)22(19)30)16-5-3-15(26)4-6-16/h3-12,20,29H,1-2H3/b21-19+. The topological polar surface area (TPSA) is 79.7 Å². The molecule has 3 aromatic rings. The zero-order valence-corrected chi connectivity index (χ0v) is 17.9. The zero-order chi connectivity index (χ0) is 23.0. The van der Waals surface area contributed by atoms with E-state index in [4.69, 9.17) is 16.3 Å². The van der Waals surface area contributed by atoms with Crippen molar-refractivity contribution in [2.45, 2.75) is 13.0 Å². The fraction of sp³-hybridized carbons (Fsp3) is 0.125. The van der Waals surface area contributed by atoms with E-state index in [1.54, 1.807) is 31.2 Å². The first-order valence-electron chi connectivity index (χ1n) is 9.64. The molecule has 0 radical (unpaired) electrons. The molecule has 1 aromatic heterocycles. The van der Waals surface area contributed by atoms with Gasteiger partial charge in [-0.25, -0.2) is 4.39 Å². The SMILES string of the molecule is COc1c(Cl)cc(C)cc1/C(O)=C1\C(=O)C(=O)N(c2ccc(F)cc2)C1c1ccncc1. The van der Waals surface area contributed by atoms with Gasteiger partial charge in [-0.2, -0.15) is 0 Å². The number of rotatable bonds is 4. The van der Waals surface area contributed by atoms with Crippen LogP contribution in [0, 0.1) is 12.7 Å². The number of methoxy groups -OCH3 is 1. The van der Waals surface area contributed by atoms with Gasteiger partial charge in [0.15, 0.2) is 0 Å². The molecule has 1 amide bonds. The molecule has 162 valence electrons. The number of aliphatic hydroxyl groups excluding tert-OH is 1. The highest BCUT2D eigenvalue weighted by Crippen LogP contribution is 2.44. The lowest BCUT2D eigenvalue weighted by Gasteiger charge is -2.25. The Bertz CT molecular complexity index is 1240. The summed E-state index contributed by atoms with van der Waals surface area (Å²) in [6.45, 7) is 1.78. The monoisotopic (exact) mass is 452 g/mol. The van der Waals surface area contributed by atoms with Crippen LogP contribution in [0.3, 0.4) is 0 Å². The predicted octanol–water partition coefficient (Wildman–Crippen LogP) is 4.82. The summed E-state index contributed by atoms with van der Waals surface area (Å²) in [5, 5.41) is 11.5. The van der Waals surface area contributed by atoms with Crippen LogP contribution in [0.5, 0.6) is 5.75 Å². The van der Waals surface area contributed by atoms with Crippen LogP contribution in [-0.4, -0.2) is 28.9 Å². The van der Waals surface area contributed by atoms with Crippen molar-refractivity contribution in [2.75, 3.05) is 12.0 Å². The van der Waals surface area contributed by atoms with Gasteiger partial charge in [-0.3, -0.25) is 19.5 Å². The number of anilines is 1. The summed E-state index contributed by atoms with van der Waals surface area (Å²) in [5.74, 6) is -2.45. The van der Waals surface area contributed by atoms with Gasteiger partial charge in [0, 0.05) is 18.1 Å². The van der Waals surface area contributed by atoms with Crippen LogP contribution in [0.4, 0.5) is 10.1 Å². The minimum Gasteiger partial charge on any atom is -0.507 e. The molecule has 0 saturated carbocycles. The van der Waals surface area contributed by atoms with E-state index >= 15 is 0 Å². The number of aryl methyl sites for hydroxylation is 1. The Labute approximate surface area is 188 Å². The van der Waals surface area contributed by atoms with E-state index in [-0.39, 0.29) is 21.9 Å². The molecule has 1 N–H and O–H groups in total. The number of benzene rings is 2. The van der Waals surface area contributed by atoms with E-state index in [9.17, 15) is 19.1 Å². The van der Waals surface area contributed by atoms with Crippen LogP contribution in [0.1, 0.15) is 22.7 Å². The smallest absolute Gasteiger partial charge is 0.300 e. The van der Waals surface area contributed by atoms with Crippen molar-refractivity contribution in [1.29, 1.82) is 0 Å². The number of ketones is 1. The normalized spacial score (nSPS) is 17.6. The summed E-state index contributed by atoms with van der Waals surface area (Å²) < 4.78 is 18.9. The number of carbonyl (C=O) groups excluding carboxylic acids is 2. The highest BCUT2D eigenvalue weighted by Gasteiger charge is 2.47. The molecule has 2 heterocycles.